The fourth-order valence-electron chi connectivity index (χ4n) is 3.48. The number of piperidine rings is 1. The molecule has 1 aromatic rings. The minimum absolute atomic E-state index is 0.245. The van der Waals surface area contributed by atoms with E-state index in [1.165, 1.54) is 30.0 Å². The summed E-state index contributed by atoms with van der Waals surface area (Å²) < 4.78 is 0. The lowest BCUT2D eigenvalue weighted by Crippen LogP contribution is -2.47. The highest BCUT2D eigenvalue weighted by molar-refractivity contribution is 7.10. The van der Waals surface area contributed by atoms with Crippen LogP contribution in [0.1, 0.15) is 50.1 Å². The first-order valence-electron chi connectivity index (χ1n) is 7.56. The molecule has 1 aromatic heterocycles. The van der Waals surface area contributed by atoms with Crippen molar-refractivity contribution in [1.29, 1.82) is 0 Å². The van der Waals surface area contributed by atoms with Crippen LogP contribution in [-0.4, -0.2) is 24.0 Å². The van der Waals surface area contributed by atoms with Crippen LogP contribution in [0.2, 0.25) is 0 Å². The van der Waals surface area contributed by atoms with Gasteiger partial charge in [0.2, 0.25) is 0 Å². The van der Waals surface area contributed by atoms with Crippen LogP contribution in [0.15, 0.2) is 11.4 Å². The van der Waals surface area contributed by atoms with Gasteiger partial charge >= 0.3 is 0 Å². The largest absolute Gasteiger partial charge is 0.326 e. The molecule has 0 radical (unpaired) electrons. The summed E-state index contributed by atoms with van der Waals surface area (Å²) in [7, 11) is 0. The molecular formula is C16H28N2S. The molecule has 0 aliphatic carbocycles. The van der Waals surface area contributed by atoms with Crippen LogP contribution in [0.25, 0.3) is 0 Å². The summed E-state index contributed by atoms with van der Waals surface area (Å²) in [6.45, 7) is 11.6. The normalized spacial score (nSPS) is 28.3. The molecule has 108 valence electrons. The number of thiophene rings is 1. The SMILES string of the molecule is CCC(N)C(c1sccc1C)N1CC(C)CC(C)C1. The van der Waals surface area contributed by atoms with E-state index in [1.54, 1.807) is 0 Å². The van der Waals surface area contributed by atoms with Gasteiger partial charge in [-0.1, -0.05) is 20.8 Å². The van der Waals surface area contributed by atoms with E-state index < -0.39 is 0 Å². The highest BCUT2D eigenvalue weighted by Crippen LogP contribution is 2.35. The van der Waals surface area contributed by atoms with E-state index in [9.17, 15) is 0 Å². The highest BCUT2D eigenvalue weighted by Gasteiger charge is 2.32. The van der Waals surface area contributed by atoms with E-state index in [4.69, 9.17) is 5.73 Å². The van der Waals surface area contributed by atoms with E-state index in [1.807, 2.05) is 11.3 Å². The smallest absolute Gasteiger partial charge is 0.0596 e. The Morgan fingerprint density at radius 1 is 1.37 bits per heavy atom. The molecule has 2 nitrogen and oxygen atoms in total. The van der Waals surface area contributed by atoms with Gasteiger partial charge in [-0.25, -0.2) is 0 Å². The lowest BCUT2D eigenvalue weighted by Gasteiger charge is -2.42. The average Bonchev–Trinajstić information content (AvgIpc) is 2.74. The van der Waals surface area contributed by atoms with Crippen LogP contribution in [0, 0.1) is 18.8 Å². The number of nitrogens with zero attached hydrogens (tertiary/aromatic N) is 1. The van der Waals surface area contributed by atoms with Crippen LogP contribution in [-0.2, 0) is 0 Å². The summed E-state index contributed by atoms with van der Waals surface area (Å²) in [5.74, 6) is 1.58. The van der Waals surface area contributed by atoms with Crippen LogP contribution >= 0.6 is 11.3 Å². The first-order valence-corrected chi connectivity index (χ1v) is 8.44. The zero-order valence-electron chi connectivity index (χ0n) is 12.7. The third-order valence-corrected chi connectivity index (χ3v) is 5.43. The maximum Gasteiger partial charge on any atom is 0.0596 e. The number of hydrogen-bond acceptors (Lipinski definition) is 3. The van der Waals surface area contributed by atoms with Crippen molar-refractivity contribution in [3.05, 3.63) is 21.9 Å². The lowest BCUT2D eigenvalue weighted by molar-refractivity contribution is 0.0824. The fraction of sp³-hybridized carbons (Fsp3) is 0.750. The van der Waals surface area contributed by atoms with Gasteiger partial charge in [-0.05, 0) is 48.6 Å². The third-order valence-electron chi connectivity index (χ3n) is 4.34. The van der Waals surface area contributed by atoms with Gasteiger partial charge in [-0.2, -0.15) is 0 Å². The predicted molar refractivity (Wildman–Crippen MR) is 84.6 cm³/mol. The molecule has 1 aliphatic rings. The molecule has 0 saturated carbocycles. The minimum atomic E-state index is 0.245. The molecule has 4 unspecified atom stereocenters. The Kier molecular flexibility index (Phi) is 5.04. The Morgan fingerprint density at radius 2 is 2.00 bits per heavy atom. The molecule has 0 aromatic carbocycles. The Labute approximate surface area is 122 Å². The van der Waals surface area contributed by atoms with Crippen molar-refractivity contribution in [3.63, 3.8) is 0 Å². The van der Waals surface area contributed by atoms with Gasteiger partial charge in [0.15, 0.2) is 0 Å². The summed E-state index contributed by atoms with van der Waals surface area (Å²) >= 11 is 1.88. The molecule has 19 heavy (non-hydrogen) atoms. The predicted octanol–water partition coefficient (Wildman–Crippen LogP) is 3.81. The molecule has 2 rings (SSSR count). The Hall–Kier alpha value is -0.380. The number of rotatable bonds is 4. The molecule has 1 fully saturated rings. The van der Waals surface area contributed by atoms with Crippen molar-refractivity contribution in [2.24, 2.45) is 17.6 Å². The topological polar surface area (TPSA) is 29.3 Å². The zero-order chi connectivity index (χ0) is 14.0. The molecule has 1 aliphatic heterocycles. The maximum absolute atomic E-state index is 6.46. The van der Waals surface area contributed by atoms with Gasteiger partial charge in [-0.15, -0.1) is 11.3 Å². The quantitative estimate of drug-likeness (QED) is 0.908. The molecular weight excluding hydrogens is 252 g/mol. The van der Waals surface area contributed by atoms with Gasteiger partial charge in [-0.3, -0.25) is 4.90 Å². The Balaban J connectivity index is 2.25. The Bertz CT molecular complexity index is 391. The molecule has 0 bridgehead atoms. The summed E-state index contributed by atoms with van der Waals surface area (Å²) in [4.78, 5) is 4.13. The molecule has 0 spiro atoms. The van der Waals surface area contributed by atoms with Crippen molar-refractivity contribution in [1.82, 2.24) is 4.90 Å². The minimum Gasteiger partial charge on any atom is -0.326 e. The summed E-state index contributed by atoms with van der Waals surface area (Å²) in [5, 5.41) is 2.21. The van der Waals surface area contributed by atoms with Crippen LogP contribution in [0.4, 0.5) is 0 Å². The van der Waals surface area contributed by atoms with E-state index >= 15 is 0 Å². The standard InChI is InChI=1S/C16H28N2S/c1-5-14(17)15(16-13(4)6-7-19-16)18-9-11(2)8-12(3)10-18/h6-7,11-12,14-15H,5,8-10,17H2,1-4H3. The molecule has 3 heteroatoms. The monoisotopic (exact) mass is 280 g/mol. The second kappa shape index (κ2) is 6.38. The zero-order valence-corrected chi connectivity index (χ0v) is 13.5. The second-order valence-corrected chi connectivity index (χ2v) is 7.33. The van der Waals surface area contributed by atoms with Gasteiger partial charge in [0.1, 0.15) is 0 Å². The van der Waals surface area contributed by atoms with E-state index in [0.717, 1.165) is 18.3 Å². The van der Waals surface area contributed by atoms with E-state index in [2.05, 4.69) is 44.0 Å². The number of aryl methyl sites for hydroxylation is 1. The molecule has 2 N–H and O–H groups in total. The molecule has 2 heterocycles. The van der Waals surface area contributed by atoms with Gasteiger partial charge in [0, 0.05) is 24.0 Å². The third kappa shape index (κ3) is 3.39. The van der Waals surface area contributed by atoms with E-state index in [0.29, 0.717) is 6.04 Å². The molecule has 0 amide bonds. The van der Waals surface area contributed by atoms with Crippen molar-refractivity contribution >= 4 is 11.3 Å². The Morgan fingerprint density at radius 3 is 2.47 bits per heavy atom. The number of likely N-dealkylation sites (tertiary alicyclic amines) is 1. The summed E-state index contributed by atoms with van der Waals surface area (Å²) in [6, 6.07) is 2.89. The fourth-order valence-corrected chi connectivity index (χ4v) is 4.62. The van der Waals surface area contributed by atoms with Gasteiger partial charge in [0.05, 0.1) is 6.04 Å². The molecule has 4 atom stereocenters. The van der Waals surface area contributed by atoms with Crippen molar-refractivity contribution in [2.45, 2.75) is 52.6 Å². The highest BCUT2D eigenvalue weighted by atomic mass is 32.1. The van der Waals surface area contributed by atoms with Crippen molar-refractivity contribution < 1.29 is 0 Å². The van der Waals surface area contributed by atoms with Crippen LogP contribution in [0.3, 0.4) is 0 Å². The van der Waals surface area contributed by atoms with Crippen LogP contribution < -0.4 is 5.73 Å². The first kappa shape index (κ1) is 15.0. The van der Waals surface area contributed by atoms with Gasteiger partial charge < -0.3 is 5.73 Å². The number of hydrogen-bond donors (Lipinski definition) is 1. The summed E-state index contributed by atoms with van der Waals surface area (Å²) in [6.07, 6.45) is 2.40. The maximum atomic E-state index is 6.46. The summed E-state index contributed by atoms with van der Waals surface area (Å²) in [5.41, 5.74) is 7.87. The van der Waals surface area contributed by atoms with Crippen LogP contribution in [0.5, 0.6) is 0 Å². The lowest BCUT2D eigenvalue weighted by atomic mass is 9.88. The van der Waals surface area contributed by atoms with Crippen molar-refractivity contribution in [2.75, 3.05) is 13.1 Å². The van der Waals surface area contributed by atoms with Crippen molar-refractivity contribution in [3.8, 4) is 0 Å². The van der Waals surface area contributed by atoms with E-state index in [-0.39, 0.29) is 6.04 Å². The average molecular weight is 280 g/mol. The number of nitrogens with two attached hydrogens (primary N) is 1. The second-order valence-electron chi connectivity index (χ2n) is 6.38. The first-order chi connectivity index (χ1) is 9.02. The molecule has 1 saturated heterocycles. The van der Waals surface area contributed by atoms with Gasteiger partial charge in [0.25, 0.3) is 0 Å².